The number of sulfonamides is 1. The van der Waals surface area contributed by atoms with Crippen LogP contribution in [-0.4, -0.2) is 54.5 Å². The molecular weight excluding hydrogens is 518 g/mol. The number of methoxy groups -OCH3 is 1. The van der Waals surface area contributed by atoms with Crippen molar-refractivity contribution in [1.29, 1.82) is 0 Å². The number of hydroxylamine groups is 1. The average Bonchev–Trinajstić information content (AvgIpc) is 3.36. The molecule has 0 saturated carbocycles. The summed E-state index contributed by atoms with van der Waals surface area (Å²) >= 11 is 0.989. The van der Waals surface area contributed by atoms with Gasteiger partial charge < -0.3 is 15.2 Å². The standard InChI is InChI=1S/C25H27N3O7S2/c1-35-18-9-11-19(12-10-18)37(33,34)28-15-17-14-20(36-23(17)22(29)21(28)25(31)27-32)24(30)26-13-5-8-16-6-3-2-4-7-16/h2-4,6-7,9-12,14,21-22,29,32H,5,8,13,15H2,1H3,(H,26,30)(H,27,31). The number of aliphatic hydroxyl groups excluding tert-OH is 1. The molecule has 1 aromatic heterocycles. The second-order valence-electron chi connectivity index (χ2n) is 8.44. The normalized spacial score (nSPS) is 17.6. The fourth-order valence-corrected chi connectivity index (χ4v) is 6.86. The van der Waals surface area contributed by atoms with E-state index in [0.29, 0.717) is 22.7 Å². The quantitative estimate of drug-likeness (QED) is 0.183. The van der Waals surface area contributed by atoms with Crippen molar-refractivity contribution in [2.45, 2.75) is 36.4 Å². The summed E-state index contributed by atoms with van der Waals surface area (Å²) < 4.78 is 32.8. The number of fused-ring (bicyclic) bond motifs is 1. The van der Waals surface area contributed by atoms with E-state index in [1.54, 1.807) is 0 Å². The summed E-state index contributed by atoms with van der Waals surface area (Å²) in [7, 11) is -2.83. The molecule has 2 atom stereocenters. The molecule has 12 heteroatoms. The zero-order valence-corrected chi connectivity index (χ0v) is 21.6. The number of benzene rings is 2. The van der Waals surface area contributed by atoms with Crippen LogP contribution in [0.2, 0.25) is 0 Å². The molecular formula is C25H27N3O7S2. The molecule has 0 aliphatic carbocycles. The molecule has 0 spiro atoms. The number of ether oxygens (including phenoxy) is 1. The van der Waals surface area contributed by atoms with Crippen LogP contribution in [0.1, 0.15) is 38.2 Å². The number of carbonyl (C=O) groups excluding carboxylic acids is 2. The summed E-state index contributed by atoms with van der Waals surface area (Å²) in [5, 5.41) is 23.1. The third-order valence-electron chi connectivity index (χ3n) is 6.09. The lowest BCUT2D eigenvalue weighted by Crippen LogP contribution is -2.53. The first-order valence-electron chi connectivity index (χ1n) is 11.5. The predicted molar refractivity (Wildman–Crippen MR) is 136 cm³/mol. The van der Waals surface area contributed by atoms with Crippen molar-refractivity contribution < 1.29 is 33.1 Å². The highest BCUT2D eigenvalue weighted by molar-refractivity contribution is 7.89. The number of hydrogen-bond acceptors (Lipinski definition) is 8. The Morgan fingerprint density at radius 3 is 2.49 bits per heavy atom. The molecule has 1 aliphatic rings. The number of amides is 2. The van der Waals surface area contributed by atoms with Gasteiger partial charge >= 0.3 is 0 Å². The SMILES string of the molecule is COc1ccc(S(=O)(=O)N2Cc3cc(C(=O)NCCCc4ccccc4)sc3C(O)C2C(=O)NO)cc1. The molecule has 0 radical (unpaired) electrons. The Morgan fingerprint density at radius 2 is 1.84 bits per heavy atom. The number of hydrogen-bond donors (Lipinski definition) is 4. The van der Waals surface area contributed by atoms with E-state index in [1.807, 2.05) is 30.3 Å². The van der Waals surface area contributed by atoms with Gasteiger partial charge in [-0.05, 0) is 54.3 Å². The van der Waals surface area contributed by atoms with Crippen molar-refractivity contribution in [2.24, 2.45) is 0 Å². The van der Waals surface area contributed by atoms with E-state index >= 15 is 0 Å². The summed E-state index contributed by atoms with van der Waals surface area (Å²) in [5.41, 5.74) is 3.02. The zero-order chi connectivity index (χ0) is 26.6. The molecule has 2 aromatic carbocycles. The van der Waals surface area contributed by atoms with E-state index in [0.717, 1.165) is 34.0 Å². The van der Waals surface area contributed by atoms with Crippen molar-refractivity contribution in [2.75, 3.05) is 13.7 Å². The topological polar surface area (TPSA) is 145 Å². The highest BCUT2D eigenvalue weighted by atomic mass is 32.2. The van der Waals surface area contributed by atoms with E-state index in [-0.39, 0.29) is 22.2 Å². The Labute approximate surface area is 218 Å². The Bertz CT molecular complexity index is 1360. The number of rotatable bonds is 9. The smallest absolute Gasteiger partial charge is 0.264 e. The molecule has 1 aliphatic heterocycles. The third kappa shape index (κ3) is 5.68. The largest absolute Gasteiger partial charge is 0.497 e. The van der Waals surface area contributed by atoms with Gasteiger partial charge in [-0.1, -0.05) is 30.3 Å². The Hall–Kier alpha value is -3.29. The highest BCUT2D eigenvalue weighted by Crippen LogP contribution is 2.40. The second kappa shape index (κ2) is 11.4. The van der Waals surface area contributed by atoms with Gasteiger partial charge in [0.1, 0.15) is 17.9 Å². The van der Waals surface area contributed by atoms with Crippen LogP contribution in [0.3, 0.4) is 0 Å². The molecule has 0 bridgehead atoms. The number of carbonyl (C=O) groups is 2. The van der Waals surface area contributed by atoms with E-state index in [1.165, 1.54) is 42.9 Å². The molecule has 0 fully saturated rings. The van der Waals surface area contributed by atoms with Gasteiger partial charge in [0.05, 0.1) is 16.9 Å². The van der Waals surface area contributed by atoms with E-state index in [4.69, 9.17) is 4.74 Å². The first kappa shape index (κ1) is 26.8. The molecule has 2 unspecified atom stereocenters. The Morgan fingerprint density at radius 1 is 1.14 bits per heavy atom. The number of aliphatic hydroxyl groups is 1. The van der Waals surface area contributed by atoms with Gasteiger partial charge in [0.25, 0.3) is 11.8 Å². The zero-order valence-electron chi connectivity index (χ0n) is 20.0. The summed E-state index contributed by atoms with van der Waals surface area (Å²) in [6, 6.07) is 15.4. The van der Waals surface area contributed by atoms with Gasteiger partial charge in [0.2, 0.25) is 10.0 Å². The van der Waals surface area contributed by atoms with Gasteiger partial charge in [-0.3, -0.25) is 14.8 Å². The van der Waals surface area contributed by atoms with Gasteiger partial charge in [-0.15, -0.1) is 11.3 Å². The van der Waals surface area contributed by atoms with Crippen LogP contribution in [0.25, 0.3) is 0 Å². The van der Waals surface area contributed by atoms with Crippen LogP contribution < -0.4 is 15.5 Å². The summed E-state index contributed by atoms with van der Waals surface area (Å²) in [4.78, 5) is 25.7. The lowest BCUT2D eigenvalue weighted by molar-refractivity contribution is -0.137. The van der Waals surface area contributed by atoms with E-state index in [9.17, 15) is 28.3 Å². The van der Waals surface area contributed by atoms with Crippen LogP contribution >= 0.6 is 11.3 Å². The first-order chi connectivity index (χ1) is 17.8. The second-order valence-corrected chi connectivity index (χ2v) is 11.4. The molecule has 4 N–H and O–H groups in total. The monoisotopic (exact) mass is 545 g/mol. The van der Waals surface area contributed by atoms with Crippen LogP contribution in [0.4, 0.5) is 0 Å². The van der Waals surface area contributed by atoms with Gasteiger partial charge in [0, 0.05) is 18.0 Å². The molecule has 10 nitrogen and oxygen atoms in total. The van der Waals surface area contributed by atoms with Crippen LogP contribution in [0, 0.1) is 0 Å². The van der Waals surface area contributed by atoms with E-state index < -0.39 is 28.1 Å². The average molecular weight is 546 g/mol. The van der Waals surface area contributed by atoms with Crippen LogP contribution in [0.5, 0.6) is 5.75 Å². The number of thiophene rings is 1. The molecule has 3 aromatic rings. The van der Waals surface area contributed by atoms with Crippen LogP contribution in [-0.2, 0) is 27.8 Å². The minimum atomic E-state index is -4.27. The van der Waals surface area contributed by atoms with Crippen molar-refractivity contribution >= 4 is 33.2 Å². The van der Waals surface area contributed by atoms with Gasteiger partial charge in [-0.25, -0.2) is 13.9 Å². The fraction of sp³-hybridized carbons (Fsp3) is 0.280. The Balaban J connectivity index is 1.54. The first-order valence-corrected chi connectivity index (χ1v) is 13.7. The van der Waals surface area contributed by atoms with Crippen molar-refractivity contribution in [3.63, 3.8) is 0 Å². The molecule has 0 saturated heterocycles. The lowest BCUT2D eigenvalue weighted by atomic mass is 10.0. The minimum Gasteiger partial charge on any atom is -0.497 e. The summed E-state index contributed by atoms with van der Waals surface area (Å²) in [5.74, 6) is -0.996. The lowest BCUT2D eigenvalue weighted by Gasteiger charge is -2.36. The summed E-state index contributed by atoms with van der Waals surface area (Å²) in [6.45, 7) is 0.170. The van der Waals surface area contributed by atoms with Gasteiger partial charge in [0.15, 0.2) is 0 Å². The Kier molecular flexibility index (Phi) is 8.25. The molecule has 4 rings (SSSR count). The van der Waals surface area contributed by atoms with Gasteiger partial charge in [-0.2, -0.15) is 4.31 Å². The van der Waals surface area contributed by atoms with E-state index in [2.05, 4.69) is 5.32 Å². The predicted octanol–water partition coefficient (Wildman–Crippen LogP) is 2.23. The molecule has 196 valence electrons. The highest BCUT2D eigenvalue weighted by Gasteiger charge is 2.46. The summed E-state index contributed by atoms with van der Waals surface area (Å²) in [6.07, 6.45) is -0.0546. The maximum Gasteiger partial charge on any atom is 0.264 e. The molecule has 2 heterocycles. The van der Waals surface area contributed by atoms with Crippen molar-refractivity contribution in [3.8, 4) is 5.75 Å². The maximum absolute atomic E-state index is 13.4. The van der Waals surface area contributed by atoms with Crippen molar-refractivity contribution in [1.82, 2.24) is 15.1 Å². The maximum atomic E-state index is 13.4. The van der Waals surface area contributed by atoms with Crippen molar-refractivity contribution in [3.05, 3.63) is 81.5 Å². The minimum absolute atomic E-state index is 0.119. The number of nitrogens with one attached hydrogen (secondary N) is 2. The number of aryl methyl sites for hydroxylation is 1. The number of nitrogens with zero attached hydrogens (tertiary/aromatic N) is 1. The molecule has 2 amide bonds. The third-order valence-corrected chi connectivity index (χ3v) is 9.17. The molecule has 37 heavy (non-hydrogen) atoms. The fourth-order valence-electron chi connectivity index (χ4n) is 4.18. The van der Waals surface area contributed by atoms with Crippen LogP contribution in [0.15, 0.2) is 65.6 Å².